The van der Waals surface area contributed by atoms with E-state index in [-0.39, 0.29) is 10.8 Å². The molecular formula is C11H11Cl2N3O. The first-order valence-corrected chi connectivity index (χ1v) is 5.43. The average Bonchev–Trinajstić information content (AvgIpc) is 2.22. The number of nitrogen functional groups attached to an aromatic ring is 1. The second-order valence-electron chi connectivity index (χ2n) is 3.18. The van der Waals surface area contributed by atoms with Crippen molar-refractivity contribution in [2.75, 3.05) is 5.73 Å². The second-order valence-corrected chi connectivity index (χ2v) is 4.19. The van der Waals surface area contributed by atoms with Crippen LogP contribution in [-0.2, 0) is 0 Å². The Kier molecular flexibility index (Phi) is 4.54. The van der Waals surface area contributed by atoms with Gasteiger partial charge >= 0.3 is 5.69 Å². The second kappa shape index (κ2) is 5.70. The number of halogens is 2. The number of hydrogen-bond acceptors (Lipinski definition) is 3. The maximum absolute atomic E-state index is 11.7. The van der Waals surface area contributed by atoms with Crippen LogP contribution >= 0.6 is 23.2 Å². The molecular weight excluding hydrogens is 261 g/mol. The Hall–Kier alpha value is -1.52. The van der Waals surface area contributed by atoms with Gasteiger partial charge in [-0.1, -0.05) is 35.9 Å². The number of nitrogens with two attached hydrogens (primary N) is 1. The van der Waals surface area contributed by atoms with Gasteiger partial charge in [0.25, 0.3) is 0 Å². The molecule has 4 nitrogen and oxygen atoms in total. The highest BCUT2D eigenvalue weighted by Gasteiger charge is 2.06. The van der Waals surface area contributed by atoms with E-state index in [0.29, 0.717) is 10.7 Å². The minimum absolute atomic E-state index is 0.00237. The van der Waals surface area contributed by atoms with Crippen molar-refractivity contribution in [3.8, 4) is 0 Å². The smallest absolute Gasteiger partial charge is 0.354 e. The molecule has 1 rings (SSSR count). The third-order valence-corrected chi connectivity index (χ3v) is 2.22. The Morgan fingerprint density at radius 2 is 2.29 bits per heavy atom. The van der Waals surface area contributed by atoms with Gasteiger partial charge in [0.05, 0.1) is 10.7 Å². The summed E-state index contributed by atoms with van der Waals surface area (Å²) in [5.41, 5.74) is 5.40. The van der Waals surface area contributed by atoms with Crippen molar-refractivity contribution in [3.05, 3.63) is 51.5 Å². The lowest BCUT2D eigenvalue weighted by atomic mass is 10.3. The highest BCUT2D eigenvalue weighted by atomic mass is 35.5. The molecule has 0 aliphatic heterocycles. The Bertz CT molecular complexity index is 554. The summed E-state index contributed by atoms with van der Waals surface area (Å²) in [4.78, 5) is 15.2. The Morgan fingerprint density at radius 1 is 1.65 bits per heavy atom. The van der Waals surface area contributed by atoms with Crippen LogP contribution < -0.4 is 11.4 Å². The molecule has 0 fully saturated rings. The van der Waals surface area contributed by atoms with Gasteiger partial charge in [-0.2, -0.15) is 4.98 Å². The highest BCUT2D eigenvalue weighted by Crippen LogP contribution is 2.16. The molecule has 90 valence electrons. The van der Waals surface area contributed by atoms with E-state index in [1.165, 1.54) is 16.8 Å². The van der Waals surface area contributed by atoms with Crippen LogP contribution in [0.5, 0.6) is 0 Å². The normalized spacial score (nSPS) is 12.6. The number of aromatic nitrogens is 2. The summed E-state index contributed by atoms with van der Waals surface area (Å²) in [7, 11) is 0. The van der Waals surface area contributed by atoms with E-state index in [0.717, 1.165) is 0 Å². The highest BCUT2D eigenvalue weighted by molar-refractivity contribution is 6.32. The van der Waals surface area contributed by atoms with Gasteiger partial charge in [0.2, 0.25) is 0 Å². The first-order valence-electron chi connectivity index (χ1n) is 4.67. The van der Waals surface area contributed by atoms with Crippen molar-refractivity contribution in [3.63, 3.8) is 0 Å². The lowest BCUT2D eigenvalue weighted by Crippen LogP contribution is -2.22. The van der Waals surface area contributed by atoms with Gasteiger partial charge in [-0.15, -0.1) is 0 Å². The van der Waals surface area contributed by atoms with Crippen LogP contribution in [-0.4, -0.2) is 9.55 Å². The number of hydrogen-bond donors (Lipinski definition) is 1. The zero-order valence-corrected chi connectivity index (χ0v) is 10.7. The molecule has 0 spiro atoms. The molecule has 0 bridgehead atoms. The van der Waals surface area contributed by atoms with Gasteiger partial charge in [-0.3, -0.25) is 4.57 Å². The SMILES string of the molecule is C=C/C=C(\C=C(/C)Cl)n1cc(Cl)c(N)nc1=O. The van der Waals surface area contributed by atoms with Crippen molar-refractivity contribution in [1.82, 2.24) is 9.55 Å². The van der Waals surface area contributed by atoms with Crippen LogP contribution in [0.4, 0.5) is 5.82 Å². The van der Waals surface area contributed by atoms with Crippen molar-refractivity contribution in [1.29, 1.82) is 0 Å². The van der Waals surface area contributed by atoms with Crippen LogP contribution in [0.25, 0.3) is 5.70 Å². The topological polar surface area (TPSA) is 60.9 Å². The number of rotatable bonds is 3. The van der Waals surface area contributed by atoms with E-state index in [2.05, 4.69) is 11.6 Å². The van der Waals surface area contributed by atoms with Crippen LogP contribution in [0.1, 0.15) is 6.92 Å². The van der Waals surface area contributed by atoms with Crippen LogP contribution in [0, 0.1) is 0 Å². The van der Waals surface area contributed by atoms with Crippen LogP contribution in [0.15, 0.2) is 40.8 Å². The molecule has 1 heterocycles. The summed E-state index contributed by atoms with van der Waals surface area (Å²) < 4.78 is 1.24. The summed E-state index contributed by atoms with van der Waals surface area (Å²) in [5, 5.41) is 0.707. The summed E-state index contributed by atoms with van der Waals surface area (Å²) in [6.07, 6.45) is 6.13. The third kappa shape index (κ3) is 3.47. The molecule has 0 radical (unpaired) electrons. The minimum Gasteiger partial charge on any atom is -0.382 e. The lowest BCUT2D eigenvalue weighted by molar-refractivity contribution is 0.946. The largest absolute Gasteiger partial charge is 0.382 e. The predicted octanol–water partition coefficient (Wildman–Crippen LogP) is 2.65. The van der Waals surface area contributed by atoms with Gasteiger partial charge in [0.15, 0.2) is 0 Å². The predicted molar refractivity (Wildman–Crippen MR) is 72.0 cm³/mol. The summed E-state index contributed by atoms with van der Waals surface area (Å²) in [6.45, 7) is 5.25. The first-order chi connectivity index (χ1) is 7.95. The molecule has 0 aliphatic carbocycles. The van der Waals surface area contributed by atoms with E-state index in [1.807, 2.05) is 0 Å². The molecule has 6 heteroatoms. The summed E-state index contributed by atoms with van der Waals surface area (Å²) in [6, 6.07) is 0. The monoisotopic (exact) mass is 271 g/mol. The number of anilines is 1. The minimum atomic E-state index is -0.533. The molecule has 1 aromatic rings. The summed E-state index contributed by atoms with van der Waals surface area (Å²) in [5.74, 6) is -0.00237. The van der Waals surface area contributed by atoms with Crippen molar-refractivity contribution < 1.29 is 0 Å². The van der Waals surface area contributed by atoms with Gasteiger partial charge in [-0.25, -0.2) is 4.79 Å². The van der Waals surface area contributed by atoms with E-state index in [1.54, 1.807) is 19.1 Å². The fourth-order valence-corrected chi connectivity index (χ4v) is 1.40. The fraction of sp³-hybridized carbons (Fsp3) is 0.0909. The molecule has 0 unspecified atom stereocenters. The Labute approximate surface area is 109 Å². The molecule has 0 saturated heterocycles. The van der Waals surface area contributed by atoms with Crippen LogP contribution in [0.2, 0.25) is 5.02 Å². The van der Waals surface area contributed by atoms with Crippen molar-refractivity contribution in [2.45, 2.75) is 6.92 Å². The zero-order chi connectivity index (χ0) is 13.0. The number of nitrogens with zero attached hydrogens (tertiary/aromatic N) is 2. The maximum atomic E-state index is 11.7. The fourth-order valence-electron chi connectivity index (χ4n) is 1.15. The van der Waals surface area contributed by atoms with E-state index in [9.17, 15) is 4.79 Å². The van der Waals surface area contributed by atoms with Gasteiger partial charge in [-0.05, 0) is 19.1 Å². The zero-order valence-electron chi connectivity index (χ0n) is 9.15. The van der Waals surface area contributed by atoms with Gasteiger partial charge in [0.1, 0.15) is 5.82 Å². The lowest BCUT2D eigenvalue weighted by Gasteiger charge is -2.07. The molecule has 1 aromatic heterocycles. The molecule has 17 heavy (non-hydrogen) atoms. The quantitative estimate of drug-likeness (QED) is 0.860. The Morgan fingerprint density at radius 3 is 2.82 bits per heavy atom. The van der Waals surface area contributed by atoms with E-state index in [4.69, 9.17) is 28.9 Å². The third-order valence-electron chi connectivity index (χ3n) is 1.82. The maximum Gasteiger partial charge on any atom is 0.354 e. The van der Waals surface area contributed by atoms with Gasteiger partial charge in [0, 0.05) is 11.2 Å². The van der Waals surface area contributed by atoms with E-state index < -0.39 is 5.69 Å². The standard InChI is InChI=1S/C11H11Cl2N3O/c1-3-4-8(5-7(2)12)16-6-9(13)10(14)15-11(16)17/h3-6H,1H2,2H3,(H2,14,15,17)/b7-5+,8-4+. The van der Waals surface area contributed by atoms with Crippen molar-refractivity contribution >= 4 is 34.7 Å². The molecule has 2 N–H and O–H groups in total. The summed E-state index contributed by atoms with van der Waals surface area (Å²) >= 11 is 11.6. The first kappa shape index (κ1) is 13.5. The van der Waals surface area contributed by atoms with E-state index >= 15 is 0 Å². The Balaban J connectivity index is 3.45. The molecule has 0 saturated carbocycles. The molecule has 0 amide bonds. The van der Waals surface area contributed by atoms with Gasteiger partial charge < -0.3 is 5.73 Å². The molecule has 0 aromatic carbocycles. The molecule has 0 atom stereocenters. The number of allylic oxidation sites excluding steroid dienone is 5. The molecule has 0 aliphatic rings. The van der Waals surface area contributed by atoms with Crippen molar-refractivity contribution in [2.24, 2.45) is 0 Å². The van der Waals surface area contributed by atoms with Crippen LogP contribution in [0.3, 0.4) is 0 Å². The average molecular weight is 272 g/mol.